The smallest absolute Gasteiger partial charge is 0.191 e. The van der Waals surface area contributed by atoms with E-state index < -0.39 is 0 Å². The van der Waals surface area contributed by atoms with Crippen LogP contribution < -0.4 is 0 Å². The zero-order valence-corrected chi connectivity index (χ0v) is 8.73. The standard InChI is InChI=1S/C11H15NO2/c1-11(2,3)12-10(13-14-12)9-7-5-4-6-8-9/h4-8,10H,1-3H3. The van der Waals surface area contributed by atoms with E-state index in [0.717, 1.165) is 5.56 Å². The van der Waals surface area contributed by atoms with Crippen LogP contribution in [0.2, 0.25) is 0 Å². The zero-order valence-electron chi connectivity index (χ0n) is 8.73. The van der Waals surface area contributed by atoms with Gasteiger partial charge in [0, 0.05) is 11.1 Å². The highest BCUT2D eigenvalue weighted by Gasteiger charge is 2.41. The van der Waals surface area contributed by atoms with Crippen molar-refractivity contribution < 1.29 is 9.88 Å². The van der Waals surface area contributed by atoms with E-state index >= 15 is 0 Å². The molecule has 0 amide bonds. The van der Waals surface area contributed by atoms with Gasteiger partial charge in [0.2, 0.25) is 0 Å². The van der Waals surface area contributed by atoms with Gasteiger partial charge in [-0.15, -0.1) is 10.1 Å². The van der Waals surface area contributed by atoms with Crippen molar-refractivity contribution in [1.29, 1.82) is 0 Å². The van der Waals surface area contributed by atoms with Crippen LogP contribution in [0.1, 0.15) is 32.6 Å². The van der Waals surface area contributed by atoms with Gasteiger partial charge in [0.15, 0.2) is 6.23 Å². The summed E-state index contributed by atoms with van der Waals surface area (Å²) >= 11 is 0. The Morgan fingerprint density at radius 2 is 1.79 bits per heavy atom. The summed E-state index contributed by atoms with van der Waals surface area (Å²) in [4.78, 5) is 10.1. The summed E-state index contributed by atoms with van der Waals surface area (Å²) < 4.78 is 0. The summed E-state index contributed by atoms with van der Waals surface area (Å²) in [5.41, 5.74) is 1.08. The molecule has 1 fully saturated rings. The van der Waals surface area contributed by atoms with Crippen molar-refractivity contribution in [3.05, 3.63) is 35.9 Å². The Morgan fingerprint density at radius 3 is 2.21 bits per heavy atom. The maximum atomic E-state index is 5.08. The van der Waals surface area contributed by atoms with Crippen LogP contribution in [0.4, 0.5) is 0 Å². The number of nitrogens with zero attached hydrogens (tertiary/aromatic N) is 1. The topological polar surface area (TPSA) is 21.7 Å². The molecule has 0 bridgehead atoms. The minimum Gasteiger partial charge on any atom is -0.191 e. The lowest BCUT2D eigenvalue weighted by molar-refractivity contribution is -0.617. The quantitative estimate of drug-likeness (QED) is 0.640. The van der Waals surface area contributed by atoms with Crippen LogP contribution in [0, 0.1) is 0 Å². The van der Waals surface area contributed by atoms with Crippen molar-refractivity contribution in [2.45, 2.75) is 32.5 Å². The number of rotatable bonds is 1. The summed E-state index contributed by atoms with van der Waals surface area (Å²) in [5, 5.41) is 1.85. The Labute approximate surface area is 84.1 Å². The Morgan fingerprint density at radius 1 is 1.14 bits per heavy atom. The third-order valence-electron chi connectivity index (χ3n) is 2.17. The molecule has 0 aliphatic carbocycles. The molecular weight excluding hydrogens is 178 g/mol. The molecule has 0 radical (unpaired) electrons. The van der Waals surface area contributed by atoms with Gasteiger partial charge in [0.25, 0.3) is 0 Å². The minimum absolute atomic E-state index is 0.0429. The van der Waals surface area contributed by atoms with Crippen LogP contribution >= 0.6 is 0 Å². The average Bonchev–Trinajstić information content (AvgIpc) is 2.00. The number of hydroxylamine groups is 2. The van der Waals surface area contributed by atoms with Crippen molar-refractivity contribution in [2.75, 3.05) is 0 Å². The van der Waals surface area contributed by atoms with E-state index in [1.165, 1.54) is 0 Å². The third kappa shape index (κ3) is 1.66. The second kappa shape index (κ2) is 3.35. The first-order valence-corrected chi connectivity index (χ1v) is 4.77. The van der Waals surface area contributed by atoms with E-state index in [0.29, 0.717) is 0 Å². The van der Waals surface area contributed by atoms with E-state index in [4.69, 9.17) is 9.88 Å². The average molecular weight is 193 g/mol. The molecule has 1 unspecified atom stereocenters. The molecule has 76 valence electrons. The molecule has 1 aliphatic rings. The number of benzene rings is 1. The first kappa shape index (κ1) is 9.65. The molecule has 1 aliphatic heterocycles. The highest BCUT2D eigenvalue weighted by atomic mass is 17.3. The molecule has 14 heavy (non-hydrogen) atoms. The van der Waals surface area contributed by atoms with Crippen molar-refractivity contribution in [3.63, 3.8) is 0 Å². The fraction of sp³-hybridized carbons (Fsp3) is 0.455. The van der Waals surface area contributed by atoms with Crippen LogP contribution in [0.15, 0.2) is 30.3 Å². The fourth-order valence-corrected chi connectivity index (χ4v) is 1.40. The Kier molecular flexibility index (Phi) is 2.31. The molecule has 3 nitrogen and oxygen atoms in total. The fourth-order valence-electron chi connectivity index (χ4n) is 1.40. The first-order chi connectivity index (χ1) is 6.59. The molecule has 1 atom stereocenters. The lowest BCUT2D eigenvalue weighted by Crippen LogP contribution is -2.52. The molecule has 0 saturated carbocycles. The van der Waals surface area contributed by atoms with E-state index in [9.17, 15) is 0 Å². The van der Waals surface area contributed by atoms with Gasteiger partial charge in [-0.3, -0.25) is 0 Å². The molecule has 0 N–H and O–H groups in total. The highest BCUT2D eigenvalue weighted by Crippen LogP contribution is 2.37. The number of hydrogen-bond acceptors (Lipinski definition) is 3. The van der Waals surface area contributed by atoms with Gasteiger partial charge in [-0.25, -0.2) is 0 Å². The molecule has 1 aromatic carbocycles. The third-order valence-corrected chi connectivity index (χ3v) is 2.17. The summed E-state index contributed by atoms with van der Waals surface area (Å²) in [6, 6.07) is 10.1. The van der Waals surface area contributed by atoms with Crippen molar-refractivity contribution in [3.8, 4) is 0 Å². The van der Waals surface area contributed by atoms with Gasteiger partial charge >= 0.3 is 0 Å². The van der Waals surface area contributed by atoms with E-state index in [-0.39, 0.29) is 11.8 Å². The molecule has 0 aromatic heterocycles. The van der Waals surface area contributed by atoms with E-state index in [2.05, 4.69) is 20.8 Å². The molecule has 1 aromatic rings. The van der Waals surface area contributed by atoms with Gasteiger partial charge in [0.05, 0.1) is 0 Å². The van der Waals surface area contributed by atoms with Gasteiger partial charge in [0.1, 0.15) is 0 Å². The molecule has 2 rings (SSSR count). The van der Waals surface area contributed by atoms with E-state index in [1.54, 1.807) is 0 Å². The van der Waals surface area contributed by atoms with Crippen LogP contribution in [0.25, 0.3) is 0 Å². The first-order valence-electron chi connectivity index (χ1n) is 4.77. The monoisotopic (exact) mass is 193 g/mol. The second-order valence-electron chi connectivity index (χ2n) is 4.43. The normalized spacial score (nSPS) is 23.2. The lowest BCUT2D eigenvalue weighted by atomic mass is 10.1. The summed E-state index contributed by atoms with van der Waals surface area (Å²) in [5.74, 6) is 0. The van der Waals surface area contributed by atoms with Crippen LogP contribution in [-0.4, -0.2) is 10.6 Å². The minimum atomic E-state index is -0.0730. The predicted molar refractivity (Wildman–Crippen MR) is 52.9 cm³/mol. The maximum Gasteiger partial charge on any atom is 0.198 e. The second-order valence-corrected chi connectivity index (χ2v) is 4.43. The molecule has 0 spiro atoms. The molecule has 3 heteroatoms. The maximum absolute atomic E-state index is 5.08. The largest absolute Gasteiger partial charge is 0.198 e. The molecule has 1 heterocycles. The molecule has 1 saturated heterocycles. The molecular formula is C11H15NO2. The summed E-state index contributed by atoms with van der Waals surface area (Å²) in [6.45, 7) is 6.27. The lowest BCUT2D eigenvalue weighted by Gasteiger charge is -2.45. The van der Waals surface area contributed by atoms with Gasteiger partial charge in [-0.2, -0.15) is 4.89 Å². The predicted octanol–water partition coefficient (Wildman–Crippen LogP) is 2.66. The van der Waals surface area contributed by atoms with Gasteiger partial charge in [-0.1, -0.05) is 30.3 Å². The summed E-state index contributed by atoms with van der Waals surface area (Å²) in [6.07, 6.45) is -0.0730. The van der Waals surface area contributed by atoms with Crippen LogP contribution in [0.3, 0.4) is 0 Å². The summed E-state index contributed by atoms with van der Waals surface area (Å²) in [7, 11) is 0. The zero-order chi connectivity index (χ0) is 10.2. The van der Waals surface area contributed by atoms with Crippen molar-refractivity contribution in [2.24, 2.45) is 0 Å². The van der Waals surface area contributed by atoms with E-state index in [1.807, 2.05) is 35.4 Å². The SMILES string of the molecule is CC(C)(C)N1OOC1c1ccccc1. The highest BCUT2D eigenvalue weighted by molar-refractivity contribution is 5.17. The Bertz CT molecular complexity index is 305. The number of hydrogen-bond donors (Lipinski definition) is 0. The Balaban J connectivity index is 2.15. The van der Waals surface area contributed by atoms with Crippen LogP contribution in [0.5, 0.6) is 0 Å². The van der Waals surface area contributed by atoms with Gasteiger partial charge in [-0.05, 0) is 20.8 Å². The van der Waals surface area contributed by atoms with Crippen LogP contribution in [-0.2, 0) is 9.88 Å². The van der Waals surface area contributed by atoms with Crippen molar-refractivity contribution in [1.82, 2.24) is 5.06 Å². The van der Waals surface area contributed by atoms with Gasteiger partial charge < -0.3 is 0 Å². The van der Waals surface area contributed by atoms with Crippen molar-refractivity contribution >= 4 is 0 Å². The Hall–Kier alpha value is -0.900.